The van der Waals surface area contributed by atoms with E-state index in [1.165, 1.54) is 6.07 Å². The number of oxazole rings is 1. The number of para-hydroxylation sites is 2. The fourth-order valence-electron chi connectivity index (χ4n) is 3.70. The highest BCUT2D eigenvalue weighted by atomic mass is 16.7. The Hall–Kier alpha value is -3.22. The maximum absolute atomic E-state index is 13.0. The maximum Gasteiger partial charge on any atom is 0.257 e. The monoisotopic (exact) mass is 366 g/mol. The van der Waals surface area contributed by atoms with Crippen LogP contribution in [0.1, 0.15) is 35.0 Å². The van der Waals surface area contributed by atoms with Crippen LogP contribution in [0.3, 0.4) is 0 Å². The summed E-state index contributed by atoms with van der Waals surface area (Å²) >= 11 is 0. The molecule has 2 aliphatic rings. The average molecular weight is 366 g/mol. The van der Waals surface area contributed by atoms with Crippen LogP contribution < -0.4 is 9.47 Å². The van der Waals surface area contributed by atoms with Crippen molar-refractivity contribution in [2.24, 2.45) is 0 Å². The molecule has 0 spiro atoms. The highest BCUT2D eigenvalue weighted by Crippen LogP contribution is 2.38. The van der Waals surface area contributed by atoms with Gasteiger partial charge in [-0.15, -0.1) is 0 Å². The number of aromatic nitrogens is 1. The first kappa shape index (κ1) is 16.0. The van der Waals surface area contributed by atoms with Gasteiger partial charge < -0.3 is 23.9 Å². The lowest BCUT2D eigenvalue weighted by Crippen LogP contribution is -2.39. The fraction of sp³-hybridized carbons (Fsp3) is 0.300. The van der Waals surface area contributed by atoms with E-state index >= 15 is 0 Å². The van der Waals surface area contributed by atoms with Crippen molar-refractivity contribution in [3.63, 3.8) is 0 Å². The number of nitrogens with zero attached hydrogens (tertiary/aromatic N) is 2. The summed E-state index contributed by atoms with van der Waals surface area (Å²) in [6, 6.07) is 10.6. The Balaban J connectivity index is 1.40. The van der Waals surface area contributed by atoms with Crippen molar-refractivity contribution in [3.05, 3.63) is 47.9 Å². The first-order valence-electron chi connectivity index (χ1n) is 8.96. The summed E-state index contributed by atoms with van der Waals surface area (Å²) in [5.74, 6) is 1.28. The molecule has 3 aromatic rings. The predicted molar refractivity (Wildman–Crippen MR) is 96.1 cm³/mol. The number of carbonyl (C=O) groups excluding carboxylic acids is 1. The molecular formula is C20H18N2O5. The summed E-state index contributed by atoms with van der Waals surface area (Å²) in [5.41, 5.74) is 1.80. The Morgan fingerprint density at radius 2 is 2.00 bits per heavy atom. The van der Waals surface area contributed by atoms with E-state index in [1.54, 1.807) is 11.0 Å². The molecule has 7 heteroatoms. The van der Waals surface area contributed by atoms with Crippen LogP contribution >= 0.6 is 0 Å². The highest BCUT2D eigenvalue weighted by Gasteiger charge is 2.31. The normalized spacial score (nSPS) is 18.8. The van der Waals surface area contributed by atoms with Crippen LogP contribution in [0.25, 0.3) is 11.1 Å². The van der Waals surface area contributed by atoms with Gasteiger partial charge in [0.2, 0.25) is 6.79 Å². The molecule has 0 aliphatic carbocycles. The zero-order valence-corrected chi connectivity index (χ0v) is 14.6. The van der Waals surface area contributed by atoms with Crippen molar-refractivity contribution < 1.29 is 23.8 Å². The summed E-state index contributed by atoms with van der Waals surface area (Å²) in [7, 11) is 0. The zero-order chi connectivity index (χ0) is 18.4. The molecule has 1 fully saturated rings. The molecule has 1 aromatic heterocycles. The van der Waals surface area contributed by atoms with Crippen LogP contribution in [-0.4, -0.2) is 40.8 Å². The van der Waals surface area contributed by atoms with E-state index in [0.717, 1.165) is 23.9 Å². The van der Waals surface area contributed by atoms with E-state index < -0.39 is 0 Å². The van der Waals surface area contributed by atoms with Crippen LogP contribution in [-0.2, 0) is 0 Å². The number of rotatable bonds is 2. The number of phenolic OH excluding ortho intramolecular Hbond substituents is 1. The van der Waals surface area contributed by atoms with Gasteiger partial charge in [0.15, 0.2) is 23.0 Å². The number of amides is 1. The van der Waals surface area contributed by atoms with Gasteiger partial charge in [0, 0.05) is 25.2 Å². The van der Waals surface area contributed by atoms with Gasteiger partial charge in [0.05, 0.1) is 11.5 Å². The standard InChI is InChI=1S/C20H18N2O5/c23-15-9-18-17(25-11-26-18)8-13(15)20(24)22-7-3-4-12(10-22)19-21-14-5-1-2-6-16(14)27-19/h1-2,5-6,8-9,12,23H,3-4,7,10-11H2. The molecule has 2 aliphatic heterocycles. The summed E-state index contributed by atoms with van der Waals surface area (Å²) in [6.07, 6.45) is 1.75. The van der Waals surface area contributed by atoms with Crippen molar-refractivity contribution in [3.8, 4) is 17.2 Å². The number of carbonyl (C=O) groups is 1. The third kappa shape index (κ3) is 2.75. The van der Waals surface area contributed by atoms with Crippen LogP contribution in [0.15, 0.2) is 40.8 Å². The SMILES string of the molecule is O=C(c1cc2c(cc1O)OCO2)N1CCCC(c2nc3ccccc3o2)C1. The van der Waals surface area contributed by atoms with Crippen molar-refractivity contribution in [1.82, 2.24) is 9.88 Å². The smallest absolute Gasteiger partial charge is 0.257 e. The Morgan fingerprint density at radius 1 is 1.19 bits per heavy atom. The molecule has 27 heavy (non-hydrogen) atoms. The Bertz CT molecular complexity index is 995. The number of piperidine rings is 1. The van der Waals surface area contributed by atoms with Gasteiger partial charge in [-0.25, -0.2) is 4.98 Å². The third-order valence-corrected chi connectivity index (χ3v) is 5.09. The minimum atomic E-state index is -0.230. The molecule has 138 valence electrons. The lowest BCUT2D eigenvalue weighted by molar-refractivity contribution is 0.0695. The molecule has 5 rings (SSSR count). The lowest BCUT2D eigenvalue weighted by Gasteiger charge is -2.31. The molecular weight excluding hydrogens is 348 g/mol. The quantitative estimate of drug-likeness (QED) is 0.749. The van der Waals surface area contributed by atoms with Gasteiger partial charge >= 0.3 is 0 Å². The first-order chi connectivity index (χ1) is 13.2. The van der Waals surface area contributed by atoms with Gasteiger partial charge in [0.25, 0.3) is 5.91 Å². The number of fused-ring (bicyclic) bond motifs is 2. The van der Waals surface area contributed by atoms with Gasteiger partial charge in [-0.2, -0.15) is 0 Å². The minimum absolute atomic E-state index is 0.0336. The number of benzene rings is 2. The van der Waals surface area contributed by atoms with Crippen molar-refractivity contribution in [2.75, 3.05) is 19.9 Å². The topological polar surface area (TPSA) is 85.0 Å². The summed E-state index contributed by atoms with van der Waals surface area (Å²) in [5, 5.41) is 10.2. The van der Waals surface area contributed by atoms with E-state index in [2.05, 4.69) is 4.98 Å². The van der Waals surface area contributed by atoms with Gasteiger partial charge in [0.1, 0.15) is 11.3 Å². The molecule has 0 radical (unpaired) electrons. The number of ether oxygens (including phenoxy) is 2. The number of hydrogen-bond acceptors (Lipinski definition) is 6. The van der Waals surface area contributed by atoms with Crippen LogP contribution in [0.5, 0.6) is 17.2 Å². The second kappa shape index (κ2) is 6.19. The van der Waals surface area contributed by atoms with E-state index in [4.69, 9.17) is 13.9 Å². The Kier molecular flexibility index (Phi) is 3.67. The van der Waals surface area contributed by atoms with Crippen molar-refractivity contribution in [1.29, 1.82) is 0 Å². The third-order valence-electron chi connectivity index (χ3n) is 5.09. The molecule has 0 bridgehead atoms. The summed E-state index contributed by atoms with van der Waals surface area (Å²) in [4.78, 5) is 19.3. The molecule has 1 amide bonds. The zero-order valence-electron chi connectivity index (χ0n) is 14.6. The van der Waals surface area contributed by atoms with Gasteiger partial charge in [-0.05, 0) is 25.0 Å². The highest BCUT2D eigenvalue weighted by molar-refractivity contribution is 5.97. The summed E-state index contributed by atoms with van der Waals surface area (Å²) < 4.78 is 16.5. The van der Waals surface area contributed by atoms with E-state index in [-0.39, 0.29) is 29.9 Å². The molecule has 3 heterocycles. The van der Waals surface area contributed by atoms with Crippen molar-refractivity contribution >= 4 is 17.0 Å². The molecule has 1 atom stereocenters. The van der Waals surface area contributed by atoms with E-state index in [1.807, 2.05) is 24.3 Å². The molecule has 0 saturated carbocycles. The Morgan fingerprint density at radius 3 is 2.85 bits per heavy atom. The maximum atomic E-state index is 13.0. The lowest BCUT2D eigenvalue weighted by atomic mass is 9.97. The minimum Gasteiger partial charge on any atom is -0.507 e. The van der Waals surface area contributed by atoms with Crippen LogP contribution in [0, 0.1) is 0 Å². The van der Waals surface area contributed by atoms with Gasteiger partial charge in [-0.3, -0.25) is 4.79 Å². The van der Waals surface area contributed by atoms with E-state index in [0.29, 0.717) is 30.5 Å². The molecule has 1 N–H and O–H groups in total. The largest absolute Gasteiger partial charge is 0.507 e. The molecule has 1 saturated heterocycles. The van der Waals surface area contributed by atoms with E-state index in [9.17, 15) is 9.90 Å². The first-order valence-corrected chi connectivity index (χ1v) is 8.96. The fourth-order valence-corrected chi connectivity index (χ4v) is 3.70. The number of aromatic hydroxyl groups is 1. The second-order valence-electron chi connectivity index (χ2n) is 6.83. The second-order valence-corrected chi connectivity index (χ2v) is 6.83. The molecule has 1 unspecified atom stereocenters. The molecule has 7 nitrogen and oxygen atoms in total. The molecule has 2 aromatic carbocycles. The average Bonchev–Trinajstić information content (AvgIpc) is 3.33. The van der Waals surface area contributed by atoms with Crippen LogP contribution in [0.2, 0.25) is 0 Å². The number of phenols is 1. The summed E-state index contributed by atoms with van der Waals surface area (Å²) in [6.45, 7) is 1.22. The van der Waals surface area contributed by atoms with Crippen LogP contribution in [0.4, 0.5) is 0 Å². The number of hydrogen-bond donors (Lipinski definition) is 1. The number of likely N-dealkylation sites (tertiary alicyclic amines) is 1. The Labute approximate surface area is 155 Å². The predicted octanol–water partition coefficient (Wildman–Crippen LogP) is 3.28. The van der Waals surface area contributed by atoms with Gasteiger partial charge in [-0.1, -0.05) is 12.1 Å². The van der Waals surface area contributed by atoms with Crippen molar-refractivity contribution in [2.45, 2.75) is 18.8 Å².